The summed E-state index contributed by atoms with van der Waals surface area (Å²) in [5.74, 6) is 2.17. The van der Waals surface area contributed by atoms with E-state index in [4.69, 9.17) is 5.73 Å². The van der Waals surface area contributed by atoms with Crippen LogP contribution in [-0.2, 0) is 0 Å². The quantitative estimate of drug-likeness (QED) is 0.523. The summed E-state index contributed by atoms with van der Waals surface area (Å²) in [6.07, 6.45) is 15.2. The summed E-state index contributed by atoms with van der Waals surface area (Å²) in [7, 11) is 0. The van der Waals surface area contributed by atoms with E-state index in [2.05, 4.69) is 32.6 Å². The molecule has 0 aliphatic heterocycles. The van der Waals surface area contributed by atoms with Crippen LogP contribution in [0.2, 0.25) is 0 Å². The Kier molecular flexibility index (Phi) is 7.37. The summed E-state index contributed by atoms with van der Waals surface area (Å²) in [6, 6.07) is -0.115. The zero-order valence-electron chi connectivity index (χ0n) is 19.8. The second kappa shape index (κ2) is 9.30. The Morgan fingerprint density at radius 1 is 1.30 bits per heavy atom. The molecular formula is C27H45NO2. The molecule has 2 unspecified atom stereocenters. The van der Waals surface area contributed by atoms with Crippen molar-refractivity contribution >= 4 is 0 Å². The lowest BCUT2D eigenvalue weighted by Crippen LogP contribution is -2.36. The number of allylic oxidation sites excluding steroid dienone is 3. The monoisotopic (exact) mass is 415 g/mol. The maximum atomic E-state index is 10.1. The van der Waals surface area contributed by atoms with Gasteiger partial charge in [-0.15, -0.1) is 0 Å². The van der Waals surface area contributed by atoms with Gasteiger partial charge in [-0.1, -0.05) is 51.0 Å². The van der Waals surface area contributed by atoms with Crippen LogP contribution in [0.25, 0.3) is 0 Å². The smallest absolute Gasteiger partial charge is 0.0598 e. The van der Waals surface area contributed by atoms with Crippen LogP contribution in [0.4, 0.5) is 0 Å². The number of nitrogens with two attached hydrogens (primary N) is 1. The van der Waals surface area contributed by atoms with Crippen molar-refractivity contribution in [1.29, 1.82) is 0 Å². The highest BCUT2D eigenvalue weighted by Crippen LogP contribution is 2.60. The fraction of sp³-hybridized carbons (Fsp3) is 0.778. The molecule has 0 heterocycles. The van der Waals surface area contributed by atoms with Gasteiger partial charge in [0.2, 0.25) is 0 Å². The van der Waals surface area contributed by atoms with E-state index in [1.54, 1.807) is 5.57 Å². The van der Waals surface area contributed by atoms with Gasteiger partial charge < -0.3 is 15.9 Å². The first-order chi connectivity index (χ1) is 14.0. The lowest BCUT2D eigenvalue weighted by molar-refractivity contribution is 0.0596. The molecule has 3 rings (SSSR count). The van der Waals surface area contributed by atoms with Gasteiger partial charge in [-0.05, 0) is 99.5 Å². The van der Waals surface area contributed by atoms with E-state index < -0.39 is 5.60 Å². The molecule has 0 aromatic heterocycles. The van der Waals surface area contributed by atoms with Crippen molar-refractivity contribution < 1.29 is 10.2 Å². The largest absolute Gasteiger partial charge is 0.393 e. The standard InChI is InChI=1S/C27H45NO2/c1-18(8-6-14-26(3,4)30)23-12-13-24-20(9-7-15-27(23,24)5)10-11-21-16-22(29)17-25(28)19(21)2/h10-11,18,22-25,29-30H,2,6-9,12-17,28H2,1,3-5H3/b20-10+,21-11-/t18-,22-,23-,24?,25?,27-/m1/s1. The van der Waals surface area contributed by atoms with E-state index in [0.717, 1.165) is 29.9 Å². The van der Waals surface area contributed by atoms with Crippen LogP contribution in [0.15, 0.2) is 35.5 Å². The maximum absolute atomic E-state index is 10.1. The van der Waals surface area contributed by atoms with Gasteiger partial charge >= 0.3 is 0 Å². The summed E-state index contributed by atoms with van der Waals surface area (Å²) < 4.78 is 0. The van der Waals surface area contributed by atoms with Crippen LogP contribution < -0.4 is 5.73 Å². The SMILES string of the molecule is C=C1/C(=C\C=C2/CCC[C@@]3(C)C2CC[C@@H]3[C@H](C)CCCC(C)(C)O)C[C@@H](O)CC1N. The lowest BCUT2D eigenvalue weighted by atomic mass is 9.60. The van der Waals surface area contributed by atoms with Crippen LogP contribution in [0, 0.1) is 23.2 Å². The van der Waals surface area contributed by atoms with E-state index in [1.807, 2.05) is 13.8 Å². The third-order valence-electron chi connectivity index (χ3n) is 8.51. The minimum atomic E-state index is -0.546. The number of hydrogen-bond donors (Lipinski definition) is 3. The predicted molar refractivity (Wildman–Crippen MR) is 126 cm³/mol. The van der Waals surface area contributed by atoms with Gasteiger partial charge in [-0.3, -0.25) is 0 Å². The third kappa shape index (κ3) is 5.29. The Labute approximate surface area is 184 Å². The highest BCUT2D eigenvalue weighted by Gasteiger charge is 2.50. The first-order valence-electron chi connectivity index (χ1n) is 12.3. The molecule has 0 aromatic carbocycles. The first-order valence-corrected chi connectivity index (χ1v) is 12.3. The Bertz CT molecular complexity index is 685. The molecule has 0 saturated heterocycles. The number of fused-ring (bicyclic) bond motifs is 1. The van der Waals surface area contributed by atoms with Crippen LogP contribution >= 0.6 is 0 Å². The molecule has 30 heavy (non-hydrogen) atoms. The van der Waals surface area contributed by atoms with Crippen molar-refractivity contribution in [2.24, 2.45) is 28.9 Å². The summed E-state index contributed by atoms with van der Waals surface area (Å²) in [6.45, 7) is 13.0. The second-order valence-corrected chi connectivity index (χ2v) is 11.4. The van der Waals surface area contributed by atoms with Crippen LogP contribution in [-0.4, -0.2) is 28.0 Å². The number of rotatable bonds is 6. The number of aliphatic hydroxyl groups excluding tert-OH is 1. The topological polar surface area (TPSA) is 66.5 Å². The van der Waals surface area contributed by atoms with Crippen molar-refractivity contribution in [3.05, 3.63) is 35.5 Å². The van der Waals surface area contributed by atoms with E-state index in [9.17, 15) is 10.2 Å². The zero-order valence-corrected chi connectivity index (χ0v) is 19.8. The molecule has 3 aliphatic rings. The minimum absolute atomic E-state index is 0.115. The van der Waals surface area contributed by atoms with Gasteiger partial charge in [0.05, 0.1) is 11.7 Å². The summed E-state index contributed by atoms with van der Waals surface area (Å²) in [5.41, 5.74) is 9.74. The van der Waals surface area contributed by atoms with Crippen molar-refractivity contribution in [2.75, 3.05) is 0 Å². The Hall–Kier alpha value is -0.900. The van der Waals surface area contributed by atoms with E-state index in [0.29, 0.717) is 30.1 Å². The highest BCUT2D eigenvalue weighted by atomic mass is 16.3. The molecule has 4 N–H and O–H groups in total. The van der Waals surface area contributed by atoms with Crippen molar-refractivity contribution in [3.8, 4) is 0 Å². The van der Waals surface area contributed by atoms with Gasteiger partial charge in [-0.2, -0.15) is 0 Å². The highest BCUT2D eigenvalue weighted by molar-refractivity contribution is 5.39. The molecule has 3 nitrogen and oxygen atoms in total. The summed E-state index contributed by atoms with van der Waals surface area (Å²) in [4.78, 5) is 0. The molecule has 0 aromatic rings. The fourth-order valence-corrected chi connectivity index (χ4v) is 6.80. The second-order valence-electron chi connectivity index (χ2n) is 11.4. The normalized spacial score (nSPS) is 38.8. The van der Waals surface area contributed by atoms with Crippen molar-refractivity contribution in [2.45, 2.75) is 110 Å². The molecule has 0 bridgehead atoms. The average molecular weight is 416 g/mol. The van der Waals surface area contributed by atoms with E-state index in [-0.39, 0.29) is 12.1 Å². The van der Waals surface area contributed by atoms with Crippen LogP contribution in [0.5, 0.6) is 0 Å². The third-order valence-corrected chi connectivity index (χ3v) is 8.51. The van der Waals surface area contributed by atoms with E-state index in [1.165, 1.54) is 38.5 Å². The lowest BCUT2D eigenvalue weighted by Gasteiger charge is -2.44. The summed E-state index contributed by atoms with van der Waals surface area (Å²) >= 11 is 0. The number of aliphatic hydroxyl groups is 2. The molecule has 0 radical (unpaired) electrons. The maximum Gasteiger partial charge on any atom is 0.0598 e. The molecule has 3 aliphatic carbocycles. The molecule has 3 heteroatoms. The van der Waals surface area contributed by atoms with Gasteiger partial charge in [0.1, 0.15) is 0 Å². The minimum Gasteiger partial charge on any atom is -0.393 e. The van der Waals surface area contributed by atoms with Gasteiger partial charge in [0.25, 0.3) is 0 Å². The van der Waals surface area contributed by atoms with Crippen molar-refractivity contribution in [3.63, 3.8) is 0 Å². The summed E-state index contributed by atoms with van der Waals surface area (Å²) in [5, 5.41) is 20.2. The molecule has 170 valence electrons. The van der Waals surface area contributed by atoms with Gasteiger partial charge in [0.15, 0.2) is 0 Å². The van der Waals surface area contributed by atoms with Gasteiger partial charge in [0, 0.05) is 6.04 Å². The van der Waals surface area contributed by atoms with E-state index >= 15 is 0 Å². The Morgan fingerprint density at radius 2 is 2.03 bits per heavy atom. The Balaban J connectivity index is 1.70. The zero-order chi connectivity index (χ0) is 22.1. The predicted octanol–water partition coefficient (Wildman–Crippen LogP) is 5.67. The first kappa shape index (κ1) is 23.8. The van der Waals surface area contributed by atoms with Gasteiger partial charge in [-0.25, -0.2) is 0 Å². The average Bonchev–Trinajstić information content (AvgIpc) is 3.00. The van der Waals surface area contributed by atoms with Crippen LogP contribution in [0.1, 0.15) is 91.9 Å². The molecule has 6 atom stereocenters. The molecule has 0 spiro atoms. The van der Waals surface area contributed by atoms with Crippen molar-refractivity contribution in [1.82, 2.24) is 0 Å². The number of hydrogen-bond acceptors (Lipinski definition) is 3. The molecular weight excluding hydrogens is 370 g/mol. The fourth-order valence-electron chi connectivity index (χ4n) is 6.80. The molecule has 0 amide bonds. The van der Waals surface area contributed by atoms with Crippen LogP contribution in [0.3, 0.4) is 0 Å². The Morgan fingerprint density at radius 3 is 2.73 bits per heavy atom. The molecule has 3 fully saturated rings. The molecule has 3 saturated carbocycles.